The third-order valence-electron chi connectivity index (χ3n) is 3.39. The van der Waals surface area contributed by atoms with Crippen LogP contribution in [0.5, 0.6) is 0 Å². The fourth-order valence-electron chi connectivity index (χ4n) is 2.23. The Labute approximate surface area is 118 Å². The second-order valence-corrected chi connectivity index (χ2v) is 4.79. The van der Waals surface area contributed by atoms with Crippen LogP contribution in [0.2, 0.25) is 0 Å². The number of aliphatic hydroxyl groups excluding tert-OH is 3. The summed E-state index contributed by atoms with van der Waals surface area (Å²) in [6.07, 6.45) is -1.96. The normalized spacial score (nSPS) is 28.7. The number of nitrogens with one attached hydrogen (secondary N) is 2. The smallest absolute Gasteiger partial charge is 0.330 e. The van der Waals surface area contributed by atoms with Crippen molar-refractivity contribution in [1.82, 2.24) is 9.55 Å². The first kappa shape index (κ1) is 15.6. The van der Waals surface area contributed by atoms with Crippen LogP contribution >= 0.6 is 0 Å². The van der Waals surface area contributed by atoms with Crippen LogP contribution in [0.4, 0.5) is 0 Å². The quantitative estimate of drug-likeness (QED) is 0.387. The summed E-state index contributed by atoms with van der Waals surface area (Å²) in [6, 6.07) is 0. The van der Waals surface area contributed by atoms with E-state index in [-0.39, 0.29) is 12.0 Å². The third-order valence-corrected chi connectivity index (χ3v) is 3.39. The molecule has 0 bridgehead atoms. The maximum atomic E-state index is 11.8. The van der Waals surface area contributed by atoms with Crippen LogP contribution in [-0.2, 0) is 11.2 Å². The van der Waals surface area contributed by atoms with Gasteiger partial charge in [0.05, 0.1) is 6.61 Å². The van der Waals surface area contributed by atoms with E-state index >= 15 is 0 Å². The van der Waals surface area contributed by atoms with Crippen molar-refractivity contribution in [3.8, 4) is 0 Å². The van der Waals surface area contributed by atoms with E-state index in [0.29, 0.717) is 6.42 Å². The highest BCUT2D eigenvalue weighted by atomic mass is 16.6. The number of ether oxygens (including phenoxy) is 1. The molecule has 5 N–H and O–H groups in total. The summed E-state index contributed by atoms with van der Waals surface area (Å²) in [5, 5.41) is 35.6. The number of hydrogen-bond acceptors (Lipinski definition) is 7. The summed E-state index contributed by atoms with van der Waals surface area (Å²) in [7, 11) is 0. The van der Waals surface area contributed by atoms with Crippen LogP contribution in [-0.4, -0.2) is 56.0 Å². The van der Waals surface area contributed by atoms with Crippen LogP contribution in [0.25, 0.3) is 0 Å². The average molecular weight is 299 g/mol. The lowest BCUT2D eigenvalue weighted by Gasteiger charge is -2.17. The van der Waals surface area contributed by atoms with Crippen LogP contribution in [0.1, 0.15) is 18.2 Å². The van der Waals surface area contributed by atoms with Crippen molar-refractivity contribution in [1.29, 1.82) is 5.41 Å². The molecule has 1 aliphatic heterocycles. The molecular weight excluding hydrogens is 282 g/mol. The standard InChI is InChI=1S/C12H17N3O6/c13-3-1-2-6-4-15(12(20)14-10(6)19)11-9(18)8(17)7(5-16)21-11/h3-4,7-9,11,13,16-18H,1-2,5H2,(H,14,19,20)/t7-,8?,9?,11-/m0/s1. The zero-order chi connectivity index (χ0) is 15.6. The van der Waals surface area contributed by atoms with E-state index in [0.717, 1.165) is 10.8 Å². The molecule has 21 heavy (non-hydrogen) atoms. The molecule has 9 heteroatoms. The molecule has 1 aliphatic rings. The molecule has 4 atom stereocenters. The number of aliphatic hydroxyl groups is 3. The molecule has 2 heterocycles. The number of rotatable bonds is 5. The number of aromatic nitrogens is 2. The van der Waals surface area contributed by atoms with Crippen molar-refractivity contribution in [3.05, 3.63) is 32.6 Å². The van der Waals surface area contributed by atoms with E-state index in [1.54, 1.807) is 0 Å². The molecule has 0 saturated carbocycles. The van der Waals surface area contributed by atoms with Crippen LogP contribution in [0.15, 0.2) is 15.8 Å². The first-order valence-corrected chi connectivity index (χ1v) is 6.45. The summed E-state index contributed by atoms with van der Waals surface area (Å²) in [5.74, 6) is 0. The first-order chi connectivity index (χ1) is 9.99. The van der Waals surface area contributed by atoms with Crippen LogP contribution < -0.4 is 11.2 Å². The van der Waals surface area contributed by atoms with Crippen LogP contribution in [0.3, 0.4) is 0 Å². The molecule has 116 valence electrons. The zero-order valence-corrected chi connectivity index (χ0v) is 11.1. The van der Waals surface area contributed by atoms with Gasteiger partial charge in [-0.25, -0.2) is 4.79 Å². The topological polar surface area (TPSA) is 149 Å². The van der Waals surface area contributed by atoms with E-state index in [2.05, 4.69) is 4.98 Å². The van der Waals surface area contributed by atoms with Gasteiger partial charge in [-0.3, -0.25) is 14.3 Å². The monoisotopic (exact) mass is 299 g/mol. The Kier molecular flexibility index (Phi) is 4.68. The maximum Gasteiger partial charge on any atom is 0.330 e. The molecule has 9 nitrogen and oxygen atoms in total. The molecule has 0 radical (unpaired) electrons. The summed E-state index contributed by atoms with van der Waals surface area (Å²) < 4.78 is 6.22. The molecule has 0 aromatic carbocycles. The molecular formula is C12H17N3O6. The number of aromatic amines is 1. The van der Waals surface area contributed by atoms with Crippen molar-refractivity contribution in [2.45, 2.75) is 37.4 Å². The number of aryl methyl sites for hydroxylation is 1. The molecule has 0 aliphatic carbocycles. The minimum atomic E-state index is -1.40. The number of nitrogens with zero attached hydrogens (tertiary/aromatic N) is 1. The molecule has 2 rings (SSSR count). The largest absolute Gasteiger partial charge is 0.394 e. The minimum Gasteiger partial charge on any atom is -0.394 e. The van der Waals surface area contributed by atoms with Gasteiger partial charge in [0.1, 0.15) is 18.3 Å². The van der Waals surface area contributed by atoms with Gasteiger partial charge >= 0.3 is 5.69 Å². The Balaban J connectivity index is 2.37. The summed E-state index contributed by atoms with van der Waals surface area (Å²) in [4.78, 5) is 25.6. The molecule has 1 fully saturated rings. The Morgan fingerprint density at radius 2 is 2.10 bits per heavy atom. The molecule has 1 aromatic rings. The van der Waals surface area contributed by atoms with E-state index in [1.165, 1.54) is 6.20 Å². The lowest BCUT2D eigenvalue weighted by atomic mass is 10.1. The van der Waals surface area contributed by atoms with E-state index in [9.17, 15) is 19.8 Å². The Bertz CT molecular complexity index is 624. The molecule has 2 unspecified atom stereocenters. The van der Waals surface area contributed by atoms with Gasteiger partial charge in [0.15, 0.2) is 6.23 Å². The van der Waals surface area contributed by atoms with Gasteiger partial charge in [-0.2, -0.15) is 0 Å². The van der Waals surface area contributed by atoms with Gasteiger partial charge in [0.25, 0.3) is 5.56 Å². The number of hydrogen-bond donors (Lipinski definition) is 5. The lowest BCUT2D eigenvalue weighted by Crippen LogP contribution is -2.38. The van der Waals surface area contributed by atoms with Crippen molar-refractivity contribution in [2.24, 2.45) is 0 Å². The molecule has 0 spiro atoms. The van der Waals surface area contributed by atoms with E-state index in [4.69, 9.17) is 15.3 Å². The van der Waals surface area contributed by atoms with Crippen molar-refractivity contribution < 1.29 is 20.1 Å². The van der Waals surface area contributed by atoms with Gasteiger partial charge in [0.2, 0.25) is 0 Å². The first-order valence-electron chi connectivity index (χ1n) is 6.45. The molecule has 1 aromatic heterocycles. The summed E-state index contributed by atoms with van der Waals surface area (Å²) in [6.45, 7) is -0.506. The Morgan fingerprint density at radius 3 is 2.67 bits per heavy atom. The summed E-state index contributed by atoms with van der Waals surface area (Å²) in [5.41, 5.74) is -1.09. The van der Waals surface area contributed by atoms with Gasteiger partial charge in [0, 0.05) is 11.8 Å². The zero-order valence-electron chi connectivity index (χ0n) is 11.1. The SMILES string of the molecule is N=CCCc1cn([C@H]2O[C@@H](CO)C(O)C2O)c(=O)[nH]c1=O. The van der Waals surface area contributed by atoms with Crippen molar-refractivity contribution in [3.63, 3.8) is 0 Å². The predicted molar refractivity (Wildman–Crippen MR) is 71.4 cm³/mol. The minimum absolute atomic E-state index is 0.258. The highest BCUT2D eigenvalue weighted by Crippen LogP contribution is 2.27. The van der Waals surface area contributed by atoms with Crippen molar-refractivity contribution >= 4 is 6.21 Å². The lowest BCUT2D eigenvalue weighted by molar-refractivity contribution is -0.0551. The fraction of sp³-hybridized carbons (Fsp3) is 0.583. The van der Waals surface area contributed by atoms with E-state index < -0.39 is 42.4 Å². The highest BCUT2D eigenvalue weighted by Gasteiger charge is 2.43. The average Bonchev–Trinajstić information content (AvgIpc) is 2.74. The molecule has 0 amide bonds. The van der Waals surface area contributed by atoms with Gasteiger partial charge in [-0.05, 0) is 19.1 Å². The van der Waals surface area contributed by atoms with Gasteiger partial charge in [-0.1, -0.05) is 0 Å². The summed E-state index contributed by atoms with van der Waals surface area (Å²) >= 11 is 0. The van der Waals surface area contributed by atoms with Crippen molar-refractivity contribution in [2.75, 3.05) is 6.61 Å². The van der Waals surface area contributed by atoms with Gasteiger partial charge in [-0.15, -0.1) is 0 Å². The van der Waals surface area contributed by atoms with Crippen LogP contribution in [0, 0.1) is 5.41 Å². The number of H-pyrrole nitrogens is 1. The predicted octanol–water partition coefficient (Wildman–Crippen LogP) is -2.27. The highest BCUT2D eigenvalue weighted by molar-refractivity contribution is 5.53. The Hall–Kier alpha value is -1.81. The Morgan fingerprint density at radius 1 is 1.38 bits per heavy atom. The third kappa shape index (κ3) is 2.95. The van der Waals surface area contributed by atoms with E-state index in [1.807, 2.05) is 0 Å². The van der Waals surface area contributed by atoms with Gasteiger partial charge < -0.3 is 25.5 Å². The molecule has 1 saturated heterocycles. The maximum absolute atomic E-state index is 11.8. The second kappa shape index (κ2) is 6.31. The fourth-order valence-corrected chi connectivity index (χ4v) is 2.23. The second-order valence-electron chi connectivity index (χ2n) is 4.79.